The van der Waals surface area contributed by atoms with Crippen molar-refractivity contribution in [1.82, 2.24) is 10.2 Å². The molecule has 0 radical (unpaired) electrons. The molecule has 1 atom stereocenters. The van der Waals surface area contributed by atoms with E-state index in [4.69, 9.17) is 5.11 Å². The normalized spacial score (nSPS) is 22.1. The molecule has 3 aliphatic heterocycles. The van der Waals surface area contributed by atoms with Crippen LogP contribution in [0.25, 0.3) is 0 Å². The first-order valence-electron chi connectivity index (χ1n) is 8.21. The minimum Gasteiger partial charge on any atom is -0.480 e. The Morgan fingerprint density at radius 3 is 2.72 bits per heavy atom. The van der Waals surface area contributed by atoms with Crippen molar-refractivity contribution in [3.63, 3.8) is 0 Å². The Balaban J connectivity index is 1.61. The average molecular weight is 343 g/mol. The molecule has 0 aromatic heterocycles. The molecule has 3 amide bonds. The molecule has 1 fully saturated rings. The fraction of sp³-hybridized carbons (Fsp3) is 0.412. The molecule has 2 N–H and O–H groups in total. The topological polar surface area (TPSA) is 107 Å². The first-order valence-corrected chi connectivity index (χ1v) is 8.21. The first kappa shape index (κ1) is 15.6. The number of carbonyl (C=O) groups excluding carboxylic acids is 3. The van der Waals surface area contributed by atoms with Crippen LogP contribution in [0.5, 0.6) is 0 Å². The number of nitrogens with zero attached hydrogens (tertiary/aromatic N) is 2. The van der Waals surface area contributed by atoms with Gasteiger partial charge in [-0.3, -0.25) is 24.5 Å². The van der Waals surface area contributed by atoms with Crippen molar-refractivity contribution in [3.8, 4) is 0 Å². The molecular formula is C17H17N3O5. The van der Waals surface area contributed by atoms with E-state index in [9.17, 15) is 19.2 Å². The zero-order valence-corrected chi connectivity index (χ0v) is 13.4. The molecule has 8 nitrogen and oxygen atoms in total. The van der Waals surface area contributed by atoms with Crippen LogP contribution in [-0.2, 0) is 27.3 Å². The predicted molar refractivity (Wildman–Crippen MR) is 86.0 cm³/mol. The van der Waals surface area contributed by atoms with Crippen LogP contribution >= 0.6 is 0 Å². The maximum absolute atomic E-state index is 12.8. The summed E-state index contributed by atoms with van der Waals surface area (Å²) in [5.74, 6) is -1.90. The van der Waals surface area contributed by atoms with E-state index in [1.54, 1.807) is 11.0 Å². The minimum atomic E-state index is -0.912. The number of piperidine rings is 1. The van der Waals surface area contributed by atoms with Gasteiger partial charge in [0, 0.05) is 30.8 Å². The molecule has 1 aromatic rings. The van der Waals surface area contributed by atoms with E-state index in [2.05, 4.69) is 5.32 Å². The summed E-state index contributed by atoms with van der Waals surface area (Å²) >= 11 is 0. The second-order valence-electron chi connectivity index (χ2n) is 6.60. The van der Waals surface area contributed by atoms with Crippen molar-refractivity contribution in [1.29, 1.82) is 0 Å². The van der Waals surface area contributed by atoms with Crippen LogP contribution in [0.4, 0.5) is 5.69 Å². The Hall–Kier alpha value is -2.90. The van der Waals surface area contributed by atoms with Crippen molar-refractivity contribution in [2.45, 2.75) is 31.8 Å². The van der Waals surface area contributed by atoms with Gasteiger partial charge in [0.25, 0.3) is 5.91 Å². The molecule has 4 rings (SSSR count). The van der Waals surface area contributed by atoms with Gasteiger partial charge in [-0.15, -0.1) is 0 Å². The molecule has 8 heteroatoms. The van der Waals surface area contributed by atoms with Crippen molar-refractivity contribution < 1.29 is 24.3 Å². The maximum atomic E-state index is 12.8. The fourth-order valence-electron chi connectivity index (χ4n) is 3.85. The van der Waals surface area contributed by atoms with Crippen LogP contribution in [-0.4, -0.2) is 52.8 Å². The van der Waals surface area contributed by atoms with Crippen LogP contribution in [0.3, 0.4) is 0 Å². The van der Waals surface area contributed by atoms with E-state index in [1.165, 1.54) is 4.90 Å². The number of imide groups is 1. The van der Waals surface area contributed by atoms with Crippen LogP contribution in [0, 0.1) is 0 Å². The maximum Gasteiger partial charge on any atom is 0.323 e. The largest absolute Gasteiger partial charge is 0.480 e. The van der Waals surface area contributed by atoms with E-state index in [1.807, 2.05) is 6.07 Å². The van der Waals surface area contributed by atoms with Crippen molar-refractivity contribution in [3.05, 3.63) is 28.8 Å². The minimum absolute atomic E-state index is 0.100. The lowest BCUT2D eigenvalue weighted by atomic mass is 10.0. The number of carboxylic acid groups (broad SMARTS) is 1. The fourth-order valence-corrected chi connectivity index (χ4v) is 3.85. The molecule has 0 bridgehead atoms. The Labute approximate surface area is 143 Å². The molecule has 1 saturated heterocycles. The van der Waals surface area contributed by atoms with Gasteiger partial charge in [0.15, 0.2) is 0 Å². The van der Waals surface area contributed by atoms with E-state index in [0.29, 0.717) is 25.1 Å². The summed E-state index contributed by atoms with van der Waals surface area (Å²) in [6.07, 6.45) is 1.29. The standard InChI is InChI=1S/C17H17N3O5/c21-14-2-1-12(16(24)18-14)20-7-10-5-9-3-4-19(8-15(22)23)13(9)6-11(10)17(20)25/h5-6,12H,1-4,7-8H2,(H,22,23)(H,18,21,24). The highest BCUT2D eigenvalue weighted by Gasteiger charge is 2.40. The molecule has 3 aliphatic rings. The number of aliphatic carboxylic acids is 1. The lowest BCUT2D eigenvalue weighted by Crippen LogP contribution is -2.52. The molecule has 0 saturated carbocycles. The van der Waals surface area contributed by atoms with Gasteiger partial charge in [-0.25, -0.2) is 0 Å². The Morgan fingerprint density at radius 2 is 2.00 bits per heavy atom. The second kappa shape index (κ2) is 5.58. The number of carbonyl (C=O) groups is 4. The third-order valence-electron chi connectivity index (χ3n) is 5.04. The Bertz CT molecular complexity index is 819. The van der Waals surface area contributed by atoms with Gasteiger partial charge < -0.3 is 14.9 Å². The summed E-state index contributed by atoms with van der Waals surface area (Å²) in [4.78, 5) is 50.4. The number of nitrogens with one attached hydrogen (secondary N) is 1. The van der Waals surface area contributed by atoms with Gasteiger partial charge in [-0.05, 0) is 30.0 Å². The van der Waals surface area contributed by atoms with Gasteiger partial charge in [0.05, 0.1) is 0 Å². The van der Waals surface area contributed by atoms with Gasteiger partial charge in [0.2, 0.25) is 11.8 Å². The van der Waals surface area contributed by atoms with Gasteiger partial charge in [-0.1, -0.05) is 6.07 Å². The SMILES string of the molecule is O=C(O)CN1CCc2cc3c(cc21)C(=O)N(C1CCC(=O)NC1=O)C3. The molecular weight excluding hydrogens is 326 g/mol. The number of hydrogen-bond donors (Lipinski definition) is 2. The molecule has 0 spiro atoms. The first-order chi connectivity index (χ1) is 11.9. The third-order valence-corrected chi connectivity index (χ3v) is 5.04. The van der Waals surface area contributed by atoms with Gasteiger partial charge in [-0.2, -0.15) is 0 Å². The van der Waals surface area contributed by atoms with Crippen molar-refractivity contribution in [2.75, 3.05) is 18.0 Å². The third kappa shape index (κ3) is 2.54. The van der Waals surface area contributed by atoms with Gasteiger partial charge in [0.1, 0.15) is 12.6 Å². The van der Waals surface area contributed by atoms with E-state index >= 15 is 0 Å². The molecule has 0 aliphatic carbocycles. The number of amides is 3. The summed E-state index contributed by atoms with van der Waals surface area (Å²) in [5, 5.41) is 11.3. The lowest BCUT2D eigenvalue weighted by molar-refractivity contribution is -0.137. The molecule has 3 heterocycles. The summed E-state index contributed by atoms with van der Waals surface area (Å²) in [6, 6.07) is 3.05. The zero-order valence-electron chi connectivity index (χ0n) is 13.4. The molecule has 1 aromatic carbocycles. The summed E-state index contributed by atoms with van der Waals surface area (Å²) in [7, 11) is 0. The average Bonchev–Trinajstić information content (AvgIpc) is 3.07. The number of hydrogen-bond acceptors (Lipinski definition) is 5. The molecule has 130 valence electrons. The second-order valence-corrected chi connectivity index (χ2v) is 6.60. The van der Waals surface area contributed by atoms with Crippen molar-refractivity contribution >= 4 is 29.4 Å². The zero-order chi connectivity index (χ0) is 17.7. The highest BCUT2D eigenvalue weighted by atomic mass is 16.4. The van der Waals surface area contributed by atoms with E-state index < -0.39 is 17.9 Å². The van der Waals surface area contributed by atoms with Crippen LogP contribution in [0.2, 0.25) is 0 Å². The number of rotatable bonds is 3. The van der Waals surface area contributed by atoms with E-state index in [-0.39, 0.29) is 24.8 Å². The highest BCUT2D eigenvalue weighted by Crippen LogP contribution is 2.36. The monoisotopic (exact) mass is 343 g/mol. The van der Waals surface area contributed by atoms with Crippen molar-refractivity contribution in [2.24, 2.45) is 0 Å². The van der Waals surface area contributed by atoms with Crippen LogP contribution < -0.4 is 10.2 Å². The smallest absolute Gasteiger partial charge is 0.323 e. The molecule has 25 heavy (non-hydrogen) atoms. The summed E-state index contributed by atoms with van der Waals surface area (Å²) in [6.45, 7) is 0.860. The van der Waals surface area contributed by atoms with Crippen LogP contribution in [0.15, 0.2) is 12.1 Å². The number of benzene rings is 1. The number of fused-ring (bicyclic) bond motifs is 2. The molecule has 1 unspecified atom stereocenters. The van der Waals surface area contributed by atoms with Gasteiger partial charge >= 0.3 is 5.97 Å². The Kier molecular flexibility index (Phi) is 3.48. The van der Waals surface area contributed by atoms with Crippen LogP contribution in [0.1, 0.15) is 34.3 Å². The summed E-state index contributed by atoms with van der Waals surface area (Å²) < 4.78 is 0. The number of anilines is 1. The predicted octanol–water partition coefficient (Wildman–Crippen LogP) is -0.105. The summed E-state index contributed by atoms with van der Waals surface area (Å²) in [5.41, 5.74) is 3.17. The quantitative estimate of drug-likeness (QED) is 0.742. The highest BCUT2D eigenvalue weighted by molar-refractivity contribution is 6.06. The Morgan fingerprint density at radius 1 is 1.20 bits per heavy atom. The lowest BCUT2D eigenvalue weighted by Gasteiger charge is -2.29. The number of carboxylic acids is 1. The van der Waals surface area contributed by atoms with E-state index in [0.717, 1.165) is 23.2 Å².